The number of anilines is 2. The molecule has 2 N–H and O–H groups in total. The van der Waals surface area contributed by atoms with E-state index in [4.69, 9.17) is 0 Å². The second-order valence-corrected chi connectivity index (χ2v) is 9.24. The smallest absolute Gasteiger partial charge is 0.341 e. The van der Waals surface area contributed by atoms with E-state index in [1.165, 1.54) is 42.7 Å². The molecule has 0 radical (unpaired) electrons. The normalized spacial score (nSPS) is 15.5. The first-order valence-corrected chi connectivity index (χ1v) is 12.1. The van der Waals surface area contributed by atoms with Gasteiger partial charge in [0, 0.05) is 37.2 Å². The van der Waals surface area contributed by atoms with Crippen LogP contribution in [0.3, 0.4) is 0 Å². The number of nitrogens with zero attached hydrogens (tertiary/aromatic N) is 3. The molecule has 1 fully saturated rings. The molecule has 7 nitrogen and oxygen atoms in total. The van der Waals surface area contributed by atoms with E-state index >= 15 is 0 Å². The predicted molar refractivity (Wildman–Crippen MR) is 135 cm³/mol. The minimum Gasteiger partial charge on any atom is -0.341 e. The Morgan fingerprint density at radius 1 is 0.878 bits per heavy atom. The summed E-state index contributed by atoms with van der Waals surface area (Å²) in [6.07, 6.45) is -4.92. The van der Waals surface area contributed by atoms with Crippen molar-refractivity contribution in [3.8, 4) is 0 Å². The second-order valence-electron chi connectivity index (χ2n) is 9.24. The van der Waals surface area contributed by atoms with Gasteiger partial charge < -0.3 is 15.5 Å². The van der Waals surface area contributed by atoms with Gasteiger partial charge in [0.1, 0.15) is 11.4 Å². The number of alkyl halides is 6. The minimum atomic E-state index is -5.11. The molecule has 216 valence electrons. The van der Waals surface area contributed by atoms with E-state index in [0.717, 1.165) is 6.08 Å². The molecule has 0 unspecified atom stereocenters. The highest BCUT2D eigenvalue weighted by atomic mass is 19.4. The lowest BCUT2D eigenvalue weighted by molar-refractivity contribution is -0.143. The number of nitrogens with one attached hydrogen (secondary N) is 2. The first-order valence-electron chi connectivity index (χ1n) is 12.1. The lowest BCUT2D eigenvalue weighted by Gasteiger charge is -2.40. The van der Waals surface area contributed by atoms with Crippen LogP contribution in [-0.4, -0.2) is 40.4 Å². The molecule has 0 bridgehead atoms. The Kier molecular flexibility index (Phi) is 8.31. The highest BCUT2D eigenvalue weighted by molar-refractivity contribution is 6.03. The molecule has 14 heteroatoms. The third kappa shape index (κ3) is 7.38. The summed E-state index contributed by atoms with van der Waals surface area (Å²) in [5.74, 6) is -1.90. The van der Waals surface area contributed by atoms with E-state index < -0.39 is 52.3 Å². The van der Waals surface area contributed by atoms with E-state index in [0.29, 0.717) is 23.6 Å². The molecule has 41 heavy (non-hydrogen) atoms. The van der Waals surface area contributed by atoms with Gasteiger partial charge in [0.15, 0.2) is 0 Å². The zero-order chi connectivity index (χ0) is 29.8. The molecular formula is C27H22F7N5O2. The van der Waals surface area contributed by atoms with E-state index in [2.05, 4.69) is 20.6 Å². The van der Waals surface area contributed by atoms with Crippen molar-refractivity contribution in [2.75, 3.05) is 23.3 Å². The fourth-order valence-corrected chi connectivity index (χ4v) is 4.25. The number of benzene rings is 2. The number of piperidine rings is 1. The maximum absolute atomic E-state index is 13.5. The third-order valence-electron chi connectivity index (χ3n) is 6.39. The number of hydrogen-bond acceptors (Lipinski definition) is 5. The molecule has 4 rings (SSSR count). The maximum Gasteiger partial charge on any atom is 0.416 e. The van der Waals surface area contributed by atoms with Crippen molar-refractivity contribution in [1.82, 2.24) is 15.3 Å². The fourth-order valence-electron chi connectivity index (χ4n) is 4.25. The van der Waals surface area contributed by atoms with Crippen LogP contribution in [0.2, 0.25) is 0 Å². The van der Waals surface area contributed by atoms with Crippen LogP contribution >= 0.6 is 0 Å². The molecule has 1 aromatic heterocycles. The number of halogens is 7. The number of aromatic nitrogens is 2. The van der Waals surface area contributed by atoms with E-state index in [9.17, 15) is 40.3 Å². The van der Waals surface area contributed by atoms with Crippen molar-refractivity contribution in [3.05, 3.63) is 89.5 Å². The third-order valence-corrected chi connectivity index (χ3v) is 6.39. The summed E-state index contributed by atoms with van der Waals surface area (Å²) in [5.41, 5.74) is -5.17. The van der Waals surface area contributed by atoms with Crippen LogP contribution in [0.25, 0.3) is 6.08 Å². The van der Waals surface area contributed by atoms with Crippen molar-refractivity contribution in [1.29, 1.82) is 0 Å². The van der Waals surface area contributed by atoms with Gasteiger partial charge in [-0.25, -0.2) is 14.4 Å². The van der Waals surface area contributed by atoms with Crippen LogP contribution in [0, 0.1) is 5.82 Å². The Hall–Kier alpha value is -4.49. The highest BCUT2D eigenvalue weighted by Gasteiger charge is 2.44. The molecule has 0 spiro atoms. The van der Waals surface area contributed by atoms with Crippen molar-refractivity contribution >= 4 is 29.5 Å². The molecule has 0 atom stereocenters. The number of amides is 2. The van der Waals surface area contributed by atoms with Gasteiger partial charge in [0.2, 0.25) is 17.8 Å². The summed E-state index contributed by atoms with van der Waals surface area (Å²) in [4.78, 5) is 36.3. The van der Waals surface area contributed by atoms with E-state index in [1.807, 2.05) is 0 Å². The topological polar surface area (TPSA) is 87.2 Å². The van der Waals surface area contributed by atoms with Gasteiger partial charge in [-0.1, -0.05) is 12.1 Å². The molecule has 1 aliphatic rings. The summed E-state index contributed by atoms with van der Waals surface area (Å²) in [6, 6.07) is 7.51. The Labute approximate surface area is 229 Å². The van der Waals surface area contributed by atoms with Crippen molar-refractivity contribution in [3.63, 3.8) is 0 Å². The zero-order valence-corrected chi connectivity index (χ0v) is 21.1. The van der Waals surface area contributed by atoms with Crippen LogP contribution in [0.1, 0.15) is 29.5 Å². The van der Waals surface area contributed by atoms with Crippen LogP contribution < -0.4 is 15.5 Å². The average molecular weight is 581 g/mol. The standard InChI is InChI=1S/C27H22F7N5O2/c28-20-5-2-17(3-6-20)4-7-22(40)38-25(8-12-39(13-9-25)24-35-10-1-11-36-24)23(41)37-21-15-18(26(29,30)31)14-19(16-21)27(32,33)34/h1-7,10-11,14-16H,8-9,12-13H2,(H,37,41)(H,38,40)/b7-4+. The van der Waals surface area contributed by atoms with Crippen LogP contribution in [-0.2, 0) is 21.9 Å². The Morgan fingerprint density at radius 2 is 1.44 bits per heavy atom. The molecule has 2 amide bonds. The second kappa shape index (κ2) is 11.6. The Bertz CT molecular complexity index is 1380. The van der Waals surface area contributed by atoms with Gasteiger partial charge in [-0.05, 0) is 60.9 Å². The molecule has 0 aliphatic carbocycles. The fraction of sp³-hybridized carbons (Fsp3) is 0.259. The van der Waals surface area contributed by atoms with E-state index in [1.54, 1.807) is 11.0 Å². The van der Waals surface area contributed by atoms with Gasteiger partial charge in [-0.3, -0.25) is 9.59 Å². The minimum absolute atomic E-state index is 0.0498. The quantitative estimate of drug-likeness (QED) is 0.298. The molecular weight excluding hydrogens is 559 g/mol. The van der Waals surface area contributed by atoms with Gasteiger partial charge in [0.05, 0.1) is 11.1 Å². The average Bonchev–Trinajstić information content (AvgIpc) is 2.92. The van der Waals surface area contributed by atoms with Gasteiger partial charge in [-0.15, -0.1) is 0 Å². The molecule has 1 saturated heterocycles. The SMILES string of the molecule is O=C(/C=C/c1ccc(F)cc1)NC1(C(=O)Nc2cc(C(F)(F)F)cc(C(F)(F)F)c2)CCN(c2ncccn2)CC1. The van der Waals surface area contributed by atoms with E-state index in [-0.39, 0.29) is 32.0 Å². The number of carbonyl (C=O) groups is 2. The first-order chi connectivity index (χ1) is 19.2. The van der Waals surface area contributed by atoms with Gasteiger partial charge in [-0.2, -0.15) is 26.3 Å². The number of rotatable bonds is 6. The molecule has 0 saturated carbocycles. The molecule has 1 aliphatic heterocycles. The number of carbonyl (C=O) groups excluding carboxylic acids is 2. The summed E-state index contributed by atoms with van der Waals surface area (Å²) in [7, 11) is 0. The van der Waals surface area contributed by atoms with Crippen LogP contribution in [0.4, 0.5) is 42.4 Å². The molecule has 2 aromatic carbocycles. The summed E-state index contributed by atoms with van der Waals surface area (Å²) in [5, 5.41) is 4.72. The monoisotopic (exact) mass is 581 g/mol. The lowest BCUT2D eigenvalue weighted by Crippen LogP contribution is -2.61. The largest absolute Gasteiger partial charge is 0.416 e. The summed E-state index contributed by atoms with van der Waals surface area (Å²) >= 11 is 0. The number of hydrogen-bond donors (Lipinski definition) is 2. The van der Waals surface area contributed by atoms with Crippen molar-refractivity contribution in [2.24, 2.45) is 0 Å². The summed E-state index contributed by atoms with van der Waals surface area (Å²) in [6.45, 7) is 0.269. The van der Waals surface area contributed by atoms with Crippen LogP contribution in [0.5, 0.6) is 0 Å². The highest BCUT2D eigenvalue weighted by Crippen LogP contribution is 2.38. The Morgan fingerprint density at radius 3 is 1.98 bits per heavy atom. The van der Waals surface area contributed by atoms with Crippen LogP contribution in [0.15, 0.2) is 67.0 Å². The Balaban J connectivity index is 1.61. The van der Waals surface area contributed by atoms with Crippen molar-refractivity contribution < 1.29 is 40.3 Å². The van der Waals surface area contributed by atoms with Gasteiger partial charge >= 0.3 is 12.4 Å². The molecule has 2 heterocycles. The van der Waals surface area contributed by atoms with Gasteiger partial charge in [0.25, 0.3) is 0 Å². The predicted octanol–water partition coefficient (Wildman–Crippen LogP) is 5.46. The molecule has 3 aromatic rings. The lowest BCUT2D eigenvalue weighted by atomic mass is 9.86. The van der Waals surface area contributed by atoms with Crippen molar-refractivity contribution in [2.45, 2.75) is 30.7 Å². The zero-order valence-electron chi connectivity index (χ0n) is 21.1. The maximum atomic E-state index is 13.5. The summed E-state index contributed by atoms with van der Waals surface area (Å²) < 4.78 is 93.2. The first kappa shape index (κ1) is 29.5.